The van der Waals surface area contributed by atoms with Gasteiger partial charge in [-0.05, 0) is 25.1 Å². The van der Waals surface area contributed by atoms with Crippen molar-refractivity contribution in [1.29, 1.82) is 5.26 Å². The van der Waals surface area contributed by atoms with Crippen LogP contribution in [0.3, 0.4) is 0 Å². The van der Waals surface area contributed by atoms with E-state index in [1.165, 1.54) is 38.3 Å². The van der Waals surface area contributed by atoms with E-state index < -0.39 is 28.2 Å². The largest absolute Gasteiger partial charge is 0.497 e. The van der Waals surface area contributed by atoms with Crippen LogP contribution in [0.4, 0.5) is 11.4 Å². The molecule has 1 atom stereocenters. The van der Waals surface area contributed by atoms with E-state index in [0.29, 0.717) is 11.4 Å². The number of nitriles is 1. The first-order chi connectivity index (χ1) is 12.4. The second-order valence-corrected chi connectivity index (χ2v) is 5.38. The summed E-state index contributed by atoms with van der Waals surface area (Å²) in [5.74, 6) is -3.04. The molecule has 0 saturated carbocycles. The van der Waals surface area contributed by atoms with Gasteiger partial charge in [0, 0.05) is 17.3 Å². The molecule has 132 valence electrons. The number of anilines is 1. The number of carbonyl (C=O) groups is 2. The molecule has 0 radical (unpaired) electrons. The Labute approximate surface area is 149 Å². The molecule has 2 rings (SSSR count). The van der Waals surface area contributed by atoms with Gasteiger partial charge < -0.3 is 10.1 Å². The number of rotatable bonds is 6. The maximum atomic E-state index is 12.6. The van der Waals surface area contributed by atoms with Crippen molar-refractivity contribution in [3.05, 3.63) is 63.7 Å². The van der Waals surface area contributed by atoms with Gasteiger partial charge in [-0.1, -0.05) is 18.2 Å². The standard InChI is InChI=1S/C18H15N3O5/c1-11-5-3-8-14(16(11)21(24)25)17(22)15(10-19)18(23)20-12-6-4-7-13(9-12)26-2/h3-9,15H,1-2H3,(H,20,23)/t15-/m1/s1. The number of nitro benzene ring substituents is 1. The summed E-state index contributed by atoms with van der Waals surface area (Å²) in [5, 5.41) is 23.0. The summed E-state index contributed by atoms with van der Waals surface area (Å²) in [6, 6.07) is 12.2. The molecular formula is C18H15N3O5. The summed E-state index contributed by atoms with van der Waals surface area (Å²) in [5.41, 5.74) is -0.0823. The number of ketones is 1. The van der Waals surface area contributed by atoms with Gasteiger partial charge in [0.2, 0.25) is 5.91 Å². The molecule has 26 heavy (non-hydrogen) atoms. The van der Waals surface area contributed by atoms with Crippen molar-refractivity contribution >= 4 is 23.1 Å². The Balaban J connectivity index is 2.32. The Morgan fingerprint density at radius 2 is 1.96 bits per heavy atom. The molecule has 0 spiro atoms. The number of para-hydroxylation sites is 1. The maximum absolute atomic E-state index is 12.6. The van der Waals surface area contributed by atoms with Gasteiger partial charge in [-0.3, -0.25) is 19.7 Å². The van der Waals surface area contributed by atoms with Gasteiger partial charge in [0.1, 0.15) is 5.75 Å². The molecule has 0 aliphatic carbocycles. The summed E-state index contributed by atoms with van der Waals surface area (Å²) >= 11 is 0. The fourth-order valence-corrected chi connectivity index (χ4v) is 2.41. The summed E-state index contributed by atoms with van der Waals surface area (Å²) in [6.07, 6.45) is 0. The Hall–Kier alpha value is -3.73. The normalized spacial score (nSPS) is 11.1. The molecule has 2 aromatic rings. The average Bonchev–Trinajstić information content (AvgIpc) is 2.61. The zero-order valence-electron chi connectivity index (χ0n) is 14.1. The second-order valence-electron chi connectivity index (χ2n) is 5.38. The highest BCUT2D eigenvalue weighted by molar-refractivity contribution is 6.17. The smallest absolute Gasteiger partial charge is 0.283 e. The van der Waals surface area contributed by atoms with E-state index in [2.05, 4.69) is 5.32 Å². The number of ether oxygens (including phenoxy) is 1. The van der Waals surface area contributed by atoms with Gasteiger partial charge in [0.05, 0.1) is 23.7 Å². The highest BCUT2D eigenvalue weighted by Gasteiger charge is 2.33. The molecule has 0 aliphatic heterocycles. The first-order valence-corrected chi connectivity index (χ1v) is 7.51. The third-order valence-corrected chi connectivity index (χ3v) is 3.68. The maximum Gasteiger partial charge on any atom is 0.283 e. The molecule has 0 aromatic heterocycles. The number of amides is 1. The zero-order valence-corrected chi connectivity index (χ0v) is 14.1. The average molecular weight is 353 g/mol. The second kappa shape index (κ2) is 7.90. The summed E-state index contributed by atoms with van der Waals surface area (Å²) in [4.78, 5) is 35.5. The van der Waals surface area contributed by atoms with Crippen LogP contribution in [-0.4, -0.2) is 23.7 Å². The van der Waals surface area contributed by atoms with E-state index in [0.717, 1.165) is 0 Å². The SMILES string of the molecule is COc1cccc(NC(=O)[C@H](C#N)C(=O)c2cccc(C)c2[N+](=O)[O-])c1. The van der Waals surface area contributed by atoms with Gasteiger partial charge in [0.25, 0.3) is 5.69 Å². The number of hydrogen-bond donors (Lipinski definition) is 1. The van der Waals surface area contributed by atoms with Crippen LogP contribution in [0.25, 0.3) is 0 Å². The lowest BCUT2D eigenvalue weighted by molar-refractivity contribution is -0.385. The van der Waals surface area contributed by atoms with E-state index in [1.54, 1.807) is 24.3 Å². The van der Waals surface area contributed by atoms with Crippen LogP contribution in [0, 0.1) is 34.3 Å². The summed E-state index contributed by atoms with van der Waals surface area (Å²) in [6.45, 7) is 1.48. The molecule has 8 heteroatoms. The van der Waals surface area contributed by atoms with Crippen LogP contribution >= 0.6 is 0 Å². The Bertz CT molecular complexity index is 917. The highest BCUT2D eigenvalue weighted by Crippen LogP contribution is 2.26. The van der Waals surface area contributed by atoms with Gasteiger partial charge >= 0.3 is 0 Å². The van der Waals surface area contributed by atoms with E-state index in [4.69, 9.17) is 4.74 Å². The number of nitrogens with one attached hydrogen (secondary N) is 1. The van der Waals surface area contributed by atoms with E-state index in [-0.39, 0.29) is 11.1 Å². The number of carbonyl (C=O) groups excluding carboxylic acids is 2. The third kappa shape index (κ3) is 3.84. The van der Waals surface area contributed by atoms with E-state index in [9.17, 15) is 25.0 Å². The van der Waals surface area contributed by atoms with Crippen LogP contribution in [0.5, 0.6) is 5.75 Å². The van der Waals surface area contributed by atoms with Crippen molar-refractivity contribution < 1.29 is 19.2 Å². The van der Waals surface area contributed by atoms with Gasteiger partial charge in [0.15, 0.2) is 11.7 Å². The first-order valence-electron chi connectivity index (χ1n) is 7.51. The van der Waals surface area contributed by atoms with Crippen LogP contribution in [0.15, 0.2) is 42.5 Å². The fraction of sp³-hybridized carbons (Fsp3) is 0.167. The lowest BCUT2D eigenvalue weighted by Crippen LogP contribution is -2.29. The van der Waals surface area contributed by atoms with Gasteiger partial charge in [-0.25, -0.2) is 0 Å². The van der Waals surface area contributed by atoms with Crippen molar-refractivity contribution in [3.63, 3.8) is 0 Å². The van der Waals surface area contributed by atoms with Crippen LogP contribution in [0.1, 0.15) is 15.9 Å². The van der Waals surface area contributed by atoms with Crippen molar-refractivity contribution in [3.8, 4) is 11.8 Å². The number of aryl methyl sites for hydroxylation is 1. The predicted octanol–water partition coefficient (Wildman–Crippen LogP) is 2.87. The minimum absolute atomic E-state index is 0.269. The number of methoxy groups -OCH3 is 1. The van der Waals surface area contributed by atoms with Crippen LogP contribution < -0.4 is 10.1 Å². The topological polar surface area (TPSA) is 122 Å². The molecule has 2 aromatic carbocycles. The van der Waals surface area contributed by atoms with Gasteiger partial charge in [-0.15, -0.1) is 0 Å². The highest BCUT2D eigenvalue weighted by atomic mass is 16.6. The molecule has 0 saturated heterocycles. The Morgan fingerprint density at radius 1 is 1.27 bits per heavy atom. The molecule has 0 fully saturated rings. The predicted molar refractivity (Wildman–Crippen MR) is 92.9 cm³/mol. The monoisotopic (exact) mass is 353 g/mol. The molecule has 1 N–H and O–H groups in total. The number of nitrogens with zero attached hydrogens (tertiary/aromatic N) is 2. The van der Waals surface area contributed by atoms with E-state index in [1.807, 2.05) is 0 Å². The third-order valence-electron chi connectivity index (χ3n) is 3.68. The molecule has 0 heterocycles. The minimum atomic E-state index is -1.72. The summed E-state index contributed by atoms with van der Waals surface area (Å²) in [7, 11) is 1.46. The lowest BCUT2D eigenvalue weighted by atomic mass is 9.95. The van der Waals surface area contributed by atoms with Crippen molar-refractivity contribution in [2.75, 3.05) is 12.4 Å². The van der Waals surface area contributed by atoms with E-state index >= 15 is 0 Å². The molecule has 0 unspecified atom stereocenters. The minimum Gasteiger partial charge on any atom is -0.497 e. The zero-order chi connectivity index (χ0) is 19.3. The van der Waals surface area contributed by atoms with Crippen LogP contribution in [-0.2, 0) is 4.79 Å². The molecular weight excluding hydrogens is 338 g/mol. The summed E-state index contributed by atoms with van der Waals surface area (Å²) < 4.78 is 5.04. The molecule has 0 aliphatic rings. The van der Waals surface area contributed by atoms with Crippen molar-refractivity contribution in [2.24, 2.45) is 5.92 Å². The number of Topliss-reactive ketones (excluding diaryl/α,β-unsaturated/α-hetero) is 1. The molecule has 0 bridgehead atoms. The fourth-order valence-electron chi connectivity index (χ4n) is 2.41. The van der Waals surface area contributed by atoms with Crippen molar-refractivity contribution in [2.45, 2.75) is 6.92 Å². The Morgan fingerprint density at radius 3 is 2.58 bits per heavy atom. The first kappa shape index (κ1) is 18.6. The van der Waals surface area contributed by atoms with Crippen molar-refractivity contribution in [1.82, 2.24) is 0 Å². The quantitative estimate of drug-likeness (QED) is 0.369. The number of hydrogen-bond acceptors (Lipinski definition) is 6. The Kier molecular flexibility index (Phi) is 5.65. The molecule has 1 amide bonds. The molecule has 8 nitrogen and oxygen atoms in total. The number of benzene rings is 2. The van der Waals surface area contributed by atoms with Crippen LogP contribution in [0.2, 0.25) is 0 Å². The number of nitro groups is 1. The van der Waals surface area contributed by atoms with Gasteiger partial charge in [-0.2, -0.15) is 5.26 Å². The lowest BCUT2D eigenvalue weighted by Gasteiger charge is -2.11.